The van der Waals surface area contributed by atoms with E-state index in [1.165, 1.54) is 0 Å². The molecule has 11 nitrogen and oxygen atoms in total. The molecule has 0 aromatic heterocycles. The first-order valence-corrected chi connectivity index (χ1v) is 29.2. The Balaban J connectivity index is 4.93. The summed E-state index contributed by atoms with van der Waals surface area (Å²) in [6, 6.07) is 0. The van der Waals surface area contributed by atoms with E-state index in [4.69, 9.17) is 23.3 Å². The molecular weight excluding hydrogens is 952 g/mol. The lowest BCUT2D eigenvalue weighted by atomic mass is 10.1. The molecule has 0 fully saturated rings. The maximum atomic E-state index is 12.9. The van der Waals surface area contributed by atoms with Gasteiger partial charge >= 0.3 is 25.7 Å². The van der Waals surface area contributed by atoms with E-state index in [0.29, 0.717) is 25.7 Å². The predicted molar refractivity (Wildman–Crippen MR) is 306 cm³/mol. The van der Waals surface area contributed by atoms with E-state index in [2.05, 4.69) is 154 Å². The van der Waals surface area contributed by atoms with Crippen molar-refractivity contribution in [2.45, 2.75) is 200 Å². The van der Waals surface area contributed by atoms with E-state index >= 15 is 0 Å². The van der Waals surface area contributed by atoms with E-state index in [-0.39, 0.29) is 25.9 Å². The highest BCUT2D eigenvalue weighted by Gasteiger charge is 2.28. The molecule has 0 rings (SSSR count). The summed E-state index contributed by atoms with van der Waals surface area (Å²) in [4.78, 5) is 48.4. The summed E-state index contributed by atoms with van der Waals surface area (Å²) in [5.41, 5.74) is 0. The zero-order valence-electron chi connectivity index (χ0n) is 45.7. The van der Waals surface area contributed by atoms with Crippen LogP contribution in [0.15, 0.2) is 146 Å². The minimum absolute atomic E-state index is 0.0275. The molecule has 0 spiro atoms. The molecule has 0 saturated carbocycles. The quantitative estimate of drug-likeness (QED) is 0.0197. The Hall–Kier alpha value is -4.64. The molecule has 416 valence electrons. The van der Waals surface area contributed by atoms with Crippen molar-refractivity contribution in [2.24, 2.45) is 0 Å². The van der Waals surface area contributed by atoms with Crippen LogP contribution in [0.2, 0.25) is 0 Å². The molecule has 0 radical (unpaired) electrons. The molecule has 3 atom stereocenters. The van der Waals surface area contributed by atoms with Crippen molar-refractivity contribution in [2.75, 3.05) is 26.4 Å². The van der Waals surface area contributed by atoms with E-state index in [9.17, 15) is 28.9 Å². The molecule has 12 heteroatoms. The molecule has 0 aromatic rings. The van der Waals surface area contributed by atoms with E-state index in [1.807, 2.05) is 12.2 Å². The van der Waals surface area contributed by atoms with Gasteiger partial charge in [0.25, 0.3) is 0 Å². The third-order valence-electron chi connectivity index (χ3n) is 10.8. The number of phosphoric acid groups is 1. The van der Waals surface area contributed by atoms with Gasteiger partial charge in [-0.05, 0) is 122 Å². The van der Waals surface area contributed by atoms with Gasteiger partial charge in [0, 0.05) is 19.3 Å². The van der Waals surface area contributed by atoms with Crippen LogP contribution < -0.4 is 0 Å². The molecule has 0 aliphatic rings. The van der Waals surface area contributed by atoms with Gasteiger partial charge in [0.15, 0.2) is 6.10 Å². The lowest BCUT2D eigenvalue weighted by molar-refractivity contribution is -0.161. The van der Waals surface area contributed by atoms with Crippen LogP contribution in [0.3, 0.4) is 0 Å². The normalized spacial score (nSPS) is 14.5. The van der Waals surface area contributed by atoms with Crippen molar-refractivity contribution in [3.8, 4) is 0 Å². The van der Waals surface area contributed by atoms with Crippen LogP contribution in [0.5, 0.6) is 0 Å². The summed E-state index contributed by atoms with van der Waals surface area (Å²) in [7, 11) is -4.79. The van der Waals surface area contributed by atoms with Crippen LogP contribution >= 0.6 is 7.82 Å². The zero-order valence-corrected chi connectivity index (χ0v) is 46.6. The predicted octanol–water partition coefficient (Wildman–Crippen LogP) is 16.4. The molecule has 0 amide bonds. The number of ether oxygens (including phenoxy) is 3. The number of phosphoric ester groups is 1. The Morgan fingerprint density at radius 1 is 0.378 bits per heavy atom. The highest BCUT2D eigenvalue weighted by Crippen LogP contribution is 2.43. The van der Waals surface area contributed by atoms with Gasteiger partial charge in [-0.2, -0.15) is 0 Å². The van der Waals surface area contributed by atoms with Gasteiger partial charge in [-0.25, -0.2) is 4.57 Å². The molecule has 0 aromatic carbocycles. The highest BCUT2D eigenvalue weighted by molar-refractivity contribution is 7.47. The second-order valence-corrected chi connectivity index (χ2v) is 19.1. The average molecular weight is 1050 g/mol. The number of rotatable bonds is 49. The third-order valence-corrected chi connectivity index (χ3v) is 11.7. The fraction of sp³-hybridized carbons (Fsp3) is 0.565. The first kappa shape index (κ1) is 69.4. The van der Waals surface area contributed by atoms with Crippen molar-refractivity contribution in [1.82, 2.24) is 0 Å². The minimum Gasteiger partial charge on any atom is -0.462 e. The van der Waals surface area contributed by atoms with Crippen LogP contribution in [0.4, 0.5) is 0 Å². The van der Waals surface area contributed by atoms with Crippen LogP contribution in [-0.4, -0.2) is 66.5 Å². The molecule has 0 aliphatic heterocycles. The Kier molecular flexibility index (Phi) is 51.2. The van der Waals surface area contributed by atoms with Gasteiger partial charge in [0.1, 0.15) is 12.7 Å². The molecule has 3 unspecified atom stereocenters. The van der Waals surface area contributed by atoms with E-state index < -0.39 is 57.8 Å². The molecule has 74 heavy (non-hydrogen) atoms. The first-order valence-electron chi connectivity index (χ1n) is 27.7. The van der Waals surface area contributed by atoms with Gasteiger partial charge in [0.2, 0.25) is 0 Å². The van der Waals surface area contributed by atoms with Gasteiger partial charge in [0.05, 0.1) is 19.8 Å². The number of hydrogen-bond acceptors (Lipinski definition) is 10. The average Bonchev–Trinajstić information content (AvgIpc) is 3.39. The number of hydrogen-bond donors (Lipinski definition) is 2. The fourth-order valence-corrected chi connectivity index (χ4v) is 7.43. The topological polar surface area (TPSA) is 155 Å². The molecule has 0 aliphatic carbocycles. The van der Waals surface area contributed by atoms with Gasteiger partial charge in [-0.1, -0.05) is 192 Å². The van der Waals surface area contributed by atoms with Crippen molar-refractivity contribution in [1.29, 1.82) is 0 Å². The van der Waals surface area contributed by atoms with Crippen LogP contribution in [0.1, 0.15) is 188 Å². The Morgan fingerprint density at radius 2 is 0.689 bits per heavy atom. The Bertz CT molecular complexity index is 1800. The summed E-state index contributed by atoms with van der Waals surface area (Å²) in [6.07, 6.45) is 69.7. The zero-order chi connectivity index (χ0) is 54.1. The monoisotopic (exact) mass is 1050 g/mol. The van der Waals surface area contributed by atoms with Crippen molar-refractivity contribution in [3.05, 3.63) is 146 Å². The molecule has 0 saturated heterocycles. The number of allylic oxidation sites excluding steroid dienone is 24. The molecular formula is C62H97O11P. The van der Waals surface area contributed by atoms with Crippen molar-refractivity contribution in [3.63, 3.8) is 0 Å². The molecule has 0 heterocycles. The SMILES string of the molecule is CC/C=C\C/C=C\C/C=C\C/C=C\C/C=C\C/C=C\CCC(=O)OC(COC(=O)CCCCCCC/C=C\C/C=C\C/C=C\CC)COP(=O)(O)OCC(CO)OC(=O)CCCCC/C=C\C/C=C\C/C=C\CC. The second-order valence-electron chi connectivity index (χ2n) is 17.6. The fourth-order valence-electron chi connectivity index (χ4n) is 6.64. The summed E-state index contributed by atoms with van der Waals surface area (Å²) in [6.45, 7) is 4.13. The number of esters is 3. The van der Waals surface area contributed by atoms with Crippen molar-refractivity contribution >= 4 is 25.7 Å². The van der Waals surface area contributed by atoms with Crippen LogP contribution in [0, 0.1) is 0 Å². The summed E-state index contributed by atoms with van der Waals surface area (Å²) < 4.78 is 39.3. The standard InChI is InChI=1S/C62H97O11P/c1-4-7-10-13-16-19-22-25-27-28-29-30-32-35-38-41-44-47-50-53-62(66)73-59(55-69-60(64)51-48-45-42-39-36-34-31-26-23-20-17-14-11-8-5-2)57-71-74(67,68)70-56-58(54-63)72-61(65)52-49-46-43-40-37-33-24-21-18-15-12-9-6-3/h7-12,16-21,25-27,29-31,33,35,37-38,44,47,58-59,63H,4-6,13-15,22-24,28,32,34,36,39-43,45-46,48-57H2,1-3H3,(H,67,68)/b10-7-,11-8-,12-9-,19-16-,20-17-,21-18-,27-25-,30-29-,31-26-,37-33-,38-35-,47-44-. The number of aliphatic hydroxyl groups is 1. The van der Waals surface area contributed by atoms with Gasteiger partial charge in [-0.3, -0.25) is 23.4 Å². The van der Waals surface area contributed by atoms with Gasteiger partial charge < -0.3 is 24.2 Å². The number of carbonyl (C=O) groups is 3. The second kappa shape index (κ2) is 54.6. The number of aliphatic hydroxyl groups excluding tert-OH is 1. The highest BCUT2D eigenvalue weighted by atomic mass is 31.2. The molecule has 0 bridgehead atoms. The smallest absolute Gasteiger partial charge is 0.462 e. The third kappa shape index (κ3) is 52.2. The molecule has 2 N–H and O–H groups in total. The Morgan fingerprint density at radius 3 is 1.11 bits per heavy atom. The van der Waals surface area contributed by atoms with Gasteiger partial charge in [-0.15, -0.1) is 0 Å². The lowest BCUT2D eigenvalue weighted by Crippen LogP contribution is -2.30. The van der Waals surface area contributed by atoms with Crippen molar-refractivity contribution < 1.29 is 52.2 Å². The lowest BCUT2D eigenvalue weighted by Gasteiger charge is -2.21. The minimum atomic E-state index is -4.79. The largest absolute Gasteiger partial charge is 0.472 e. The van der Waals surface area contributed by atoms with Crippen LogP contribution in [-0.2, 0) is 42.2 Å². The Labute approximate surface area is 448 Å². The van der Waals surface area contributed by atoms with Crippen LogP contribution in [0.25, 0.3) is 0 Å². The van der Waals surface area contributed by atoms with E-state index in [0.717, 1.165) is 122 Å². The summed E-state index contributed by atoms with van der Waals surface area (Å²) in [5.74, 6) is -1.64. The maximum absolute atomic E-state index is 12.9. The first-order chi connectivity index (χ1) is 36.2. The number of carbonyl (C=O) groups excluding carboxylic acids is 3. The summed E-state index contributed by atoms with van der Waals surface area (Å²) >= 11 is 0. The van der Waals surface area contributed by atoms with E-state index in [1.54, 1.807) is 0 Å². The number of unbranched alkanes of at least 4 members (excludes halogenated alkanes) is 8. The maximum Gasteiger partial charge on any atom is 0.472 e. The summed E-state index contributed by atoms with van der Waals surface area (Å²) in [5, 5.41) is 9.79.